The van der Waals surface area contributed by atoms with Gasteiger partial charge in [-0.1, -0.05) is 35.9 Å². The van der Waals surface area contributed by atoms with E-state index in [1.165, 1.54) is 23.3 Å². The van der Waals surface area contributed by atoms with Crippen LogP contribution < -0.4 is 14.5 Å². The molecule has 0 aliphatic carbocycles. The minimum Gasteiger partial charge on any atom is -0.462 e. The Morgan fingerprint density at radius 3 is 2.77 bits per heavy atom. The molecule has 0 radical (unpaired) electrons. The fourth-order valence-corrected chi connectivity index (χ4v) is 7.19. The summed E-state index contributed by atoms with van der Waals surface area (Å²) in [4.78, 5) is 31.8. The number of benzene rings is 2. The highest BCUT2D eigenvalue weighted by molar-refractivity contribution is 6.36. The standard InChI is InChI=1S/C33H36ClN11O2/c1-41-14-4-7-25(41)21-47-33-37-28-20-42(29-9-3-6-23-5-2-8-27(34)31(23)29)15-11-26(28)32(38-33)43-17-18-45(24(19-43)10-13-35)30(46)12-16-44-22-36-39-40-44/h2-3,5-6,8-9,12,16,22,24-25H,4,7,10-11,14-15,17-21H2,1H3/b16-12+/t24-,25-/m0/s1. The Labute approximate surface area is 278 Å². The van der Waals surface area contributed by atoms with Crippen LogP contribution in [0.5, 0.6) is 6.01 Å². The zero-order valence-electron chi connectivity index (χ0n) is 26.2. The number of rotatable bonds is 8. The molecule has 2 atom stereocenters. The maximum absolute atomic E-state index is 13.2. The first kappa shape index (κ1) is 30.8. The molecule has 0 unspecified atom stereocenters. The van der Waals surface area contributed by atoms with E-state index in [-0.39, 0.29) is 18.4 Å². The van der Waals surface area contributed by atoms with Crippen molar-refractivity contribution in [3.8, 4) is 12.1 Å². The van der Waals surface area contributed by atoms with Crippen molar-refractivity contribution in [2.24, 2.45) is 0 Å². The first-order valence-corrected chi connectivity index (χ1v) is 16.3. The summed E-state index contributed by atoms with van der Waals surface area (Å²) in [7, 11) is 2.13. The van der Waals surface area contributed by atoms with Gasteiger partial charge in [-0.25, -0.2) is 4.68 Å². The van der Waals surface area contributed by atoms with Crippen molar-refractivity contribution in [2.75, 3.05) is 56.2 Å². The van der Waals surface area contributed by atoms with Gasteiger partial charge in [0.1, 0.15) is 18.8 Å². The van der Waals surface area contributed by atoms with Crippen LogP contribution in [0.15, 0.2) is 48.8 Å². The molecule has 13 nitrogen and oxygen atoms in total. The summed E-state index contributed by atoms with van der Waals surface area (Å²) in [6.45, 7) is 4.39. The van der Waals surface area contributed by atoms with Gasteiger partial charge in [0.15, 0.2) is 0 Å². The fourth-order valence-electron chi connectivity index (χ4n) is 6.91. The maximum Gasteiger partial charge on any atom is 0.318 e. The Kier molecular flexibility index (Phi) is 8.86. The number of aromatic nitrogens is 6. The van der Waals surface area contributed by atoms with E-state index in [1.807, 2.05) is 12.1 Å². The number of nitrogens with zero attached hydrogens (tertiary/aromatic N) is 11. The SMILES string of the molecule is CN1CCC[C@H]1COc1nc2c(c(N3CCN(C(=O)/C=C/n4cnnn4)[C@@H](CC#N)C3)n1)CCN(c1cccc3cccc(Cl)c13)C2. The molecule has 2 aromatic carbocycles. The van der Waals surface area contributed by atoms with Crippen molar-refractivity contribution in [3.05, 3.63) is 65.1 Å². The van der Waals surface area contributed by atoms with Crippen LogP contribution in [0.3, 0.4) is 0 Å². The molecular formula is C33H36ClN11O2. The Bertz CT molecular complexity index is 1820. The number of ether oxygens (including phenoxy) is 1. The summed E-state index contributed by atoms with van der Waals surface area (Å²) in [6.07, 6.45) is 7.51. The highest BCUT2D eigenvalue weighted by Crippen LogP contribution is 2.37. The van der Waals surface area contributed by atoms with Crippen molar-refractivity contribution in [3.63, 3.8) is 0 Å². The van der Waals surface area contributed by atoms with Gasteiger partial charge < -0.3 is 24.3 Å². The summed E-state index contributed by atoms with van der Waals surface area (Å²) in [5, 5.41) is 23.5. The molecule has 7 rings (SSSR count). The molecule has 14 heteroatoms. The fraction of sp³-hybridized carbons (Fsp3) is 0.424. The van der Waals surface area contributed by atoms with Crippen molar-refractivity contribution in [1.29, 1.82) is 5.26 Å². The van der Waals surface area contributed by atoms with E-state index >= 15 is 0 Å². The van der Waals surface area contributed by atoms with Crippen LogP contribution >= 0.6 is 11.6 Å². The van der Waals surface area contributed by atoms with Crippen LogP contribution in [0.2, 0.25) is 5.02 Å². The number of carbonyl (C=O) groups excluding carboxylic acids is 1. The van der Waals surface area contributed by atoms with E-state index in [1.54, 1.807) is 4.90 Å². The minimum atomic E-state index is -0.320. The van der Waals surface area contributed by atoms with E-state index in [2.05, 4.69) is 67.6 Å². The second-order valence-corrected chi connectivity index (χ2v) is 12.6. The number of piperazine rings is 1. The van der Waals surface area contributed by atoms with Crippen LogP contribution in [-0.4, -0.2) is 104 Å². The molecule has 4 aromatic rings. The Morgan fingerprint density at radius 1 is 1.11 bits per heavy atom. The number of hydrogen-bond donors (Lipinski definition) is 0. The van der Waals surface area contributed by atoms with E-state index in [4.69, 9.17) is 26.3 Å². The number of amides is 1. The third-order valence-electron chi connectivity index (χ3n) is 9.40. The number of hydrogen-bond acceptors (Lipinski definition) is 11. The molecule has 1 amide bonds. The molecule has 5 heterocycles. The summed E-state index contributed by atoms with van der Waals surface area (Å²) >= 11 is 6.72. The number of likely N-dealkylation sites (N-methyl/N-ethyl adjacent to an activating group) is 1. The highest BCUT2D eigenvalue weighted by Gasteiger charge is 2.34. The number of carbonyl (C=O) groups is 1. The van der Waals surface area contributed by atoms with Gasteiger partial charge in [-0.05, 0) is 60.8 Å². The van der Waals surface area contributed by atoms with Crippen molar-refractivity contribution in [1.82, 2.24) is 40.0 Å². The van der Waals surface area contributed by atoms with Gasteiger partial charge >= 0.3 is 6.01 Å². The number of fused-ring (bicyclic) bond motifs is 2. The lowest BCUT2D eigenvalue weighted by Gasteiger charge is -2.42. The predicted octanol–water partition coefficient (Wildman–Crippen LogP) is 3.41. The normalized spacial score (nSPS) is 20.1. The van der Waals surface area contributed by atoms with Crippen LogP contribution in [0, 0.1) is 11.3 Å². The topological polar surface area (TPSA) is 132 Å². The van der Waals surface area contributed by atoms with Crippen LogP contribution in [0.25, 0.3) is 17.0 Å². The number of anilines is 2. The largest absolute Gasteiger partial charge is 0.462 e. The molecule has 0 spiro atoms. The van der Waals surface area contributed by atoms with Gasteiger partial charge in [0.25, 0.3) is 0 Å². The lowest BCUT2D eigenvalue weighted by molar-refractivity contribution is -0.128. The smallest absolute Gasteiger partial charge is 0.318 e. The van der Waals surface area contributed by atoms with Crippen LogP contribution in [0.1, 0.15) is 30.5 Å². The van der Waals surface area contributed by atoms with Crippen molar-refractivity contribution >= 4 is 46.0 Å². The first-order chi connectivity index (χ1) is 23.0. The second kappa shape index (κ2) is 13.5. The van der Waals surface area contributed by atoms with Gasteiger partial charge in [-0.3, -0.25) is 4.79 Å². The first-order valence-electron chi connectivity index (χ1n) is 16.0. The molecule has 3 aliphatic rings. The Hall–Kier alpha value is -4.80. The average molecular weight is 654 g/mol. The average Bonchev–Trinajstić information content (AvgIpc) is 3.77. The lowest BCUT2D eigenvalue weighted by Crippen LogP contribution is -2.55. The van der Waals surface area contributed by atoms with Crippen LogP contribution in [-0.2, 0) is 17.8 Å². The van der Waals surface area contributed by atoms with Crippen molar-refractivity contribution in [2.45, 2.75) is 44.3 Å². The highest BCUT2D eigenvalue weighted by atomic mass is 35.5. The van der Waals surface area contributed by atoms with Gasteiger partial charge in [0.2, 0.25) is 5.91 Å². The zero-order chi connectivity index (χ0) is 32.3. The van der Waals surface area contributed by atoms with Gasteiger partial charge in [-0.15, -0.1) is 5.10 Å². The zero-order valence-corrected chi connectivity index (χ0v) is 27.0. The molecule has 2 saturated heterocycles. The lowest BCUT2D eigenvalue weighted by atomic mass is 10.0. The number of likely N-dealkylation sites (tertiary alicyclic amines) is 1. The molecule has 2 fully saturated rings. The molecule has 3 aliphatic heterocycles. The predicted molar refractivity (Wildman–Crippen MR) is 178 cm³/mol. The molecule has 242 valence electrons. The van der Waals surface area contributed by atoms with Crippen molar-refractivity contribution < 1.29 is 9.53 Å². The quantitative estimate of drug-likeness (QED) is 0.259. The van der Waals surface area contributed by atoms with E-state index in [9.17, 15) is 10.1 Å². The van der Waals surface area contributed by atoms with Gasteiger partial charge in [0, 0.05) is 61.1 Å². The number of tetrazole rings is 1. The molecule has 0 saturated carbocycles. The number of nitriles is 1. The third-order valence-corrected chi connectivity index (χ3v) is 9.71. The maximum atomic E-state index is 13.2. The third kappa shape index (κ3) is 6.43. The summed E-state index contributed by atoms with van der Waals surface area (Å²) in [6, 6.07) is 14.9. The minimum absolute atomic E-state index is 0.195. The Morgan fingerprint density at radius 2 is 1.98 bits per heavy atom. The molecule has 2 aromatic heterocycles. The summed E-state index contributed by atoms with van der Waals surface area (Å²) in [5.74, 6) is 0.624. The monoisotopic (exact) mass is 653 g/mol. The summed E-state index contributed by atoms with van der Waals surface area (Å²) in [5.41, 5.74) is 3.07. The molecule has 0 bridgehead atoms. The molecular weight excluding hydrogens is 618 g/mol. The van der Waals surface area contributed by atoms with E-state index < -0.39 is 0 Å². The van der Waals surface area contributed by atoms with E-state index in [0.29, 0.717) is 44.8 Å². The summed E-state index contributed by atoms with van der Waals surface area (Å²) < 4.78 is 7.68. The number of halogens is 1. The van der Waals surface area contributed by atoms with E-state index in [0.717, 1.165) is 70.9 Å². The van der Waals surface area contributed by atoms with Gasteiger partial charge in [0.05, 0.1) is 35.8 Å². The molecule has 0 N–H and O–H groups in total. The van der Waals surface area contributed by atoms with Gasteiger partial charge in [-0.2, -0.15) is 15.2 Å². The molecule has 47 heavy (non-hydrogen) atoms. The Balaban J connectivity index is 1.18. The second-order valence-electron chi connectivity index (χ2n) is 12.2. The van der Waals surface area contributed by atoms with Crippen LogP contribution in [0.4, 0.5) is 11.5 Å².